The van der Waals surface area contributed by atoms with Crippen molar-refractivity contribution in [1.29, 1.82) is 0 Å². The molecule has 0 saturated carbocycles. The van der Waals surface area contributed by atoms with Gasteiger partial charge in [0.1, 0.15) is 11.6 Å². The van der Waals surface area contributed by atoms with Crippen LogP contribution in [0.4, 0.5) is 8.78 Å². The van der Waals surface area contributed by atoms with Crippen LogP contribution in [0.1, 0.15) is 26.3 Å². The van der Waals surface area contributed by atoms with Gasteiger partial charge in [-0.25, -0.2) is 8.78 Å². The third kappa shape index (κ3) is 5.67. The lowest BCUT2D eigenvalue weighted by Crippen LogP contribution is -2.27. The predicted molar refractivity (Wildman–Crippen MR) is 125 cm³/mol. The van der Waals surface area contributed by atoms with Crippen molar-refractivity contribution in [1.82, 2.24) is 0 Å². The smallest absolute Gasteiger partial charge is 0.134 e. The first-order valence-corrected chi connectivity index (χ1v) is 11.3. The summed E-state index contributed by atoms with van der Waals surface area (Å²) in [6, 6.07) is 24.5. The average molecular weight is 422 g/mol. The normalized spacial score (nSPS) is 12.7. The molecule has 0 N–H and O–H groups in total. The molecular formula is C25H25F2N2P. The molecule has 0 saturated heterocycles. The first-order valence-electron chi connectivity index (χ1n) is 9.78. The van der Waals surface area contributed by atoms with Crippen LogP contribution in [0.2, 0.25) is 0 Å². The lowest BCUT2D eigenvalue weighted by Gasteiger charge is -2.26. The fourth-order valence-corrected chi connectivity index (χ4v) is 5.47. The zero-order valence-corrected chi connectivity index (χ0v) is 18.3. The van der Waals surface area contributed by atoms with Crippen LogP contribution in [-0.4, -0.2) is 18.1 Å². The van der Waals surface area contributed by atoms with E-state index in [1.165, 1.54) is 28.8 Å². The highest BCUT2D eigenvalue weighted by atomic mass is 31.1. The number of benzene rings is 3. The standard InChI is InChI=1S/C25H25F2N2P/c1-25(2,3)24(29-28-17-21-22(26)15-10-16-23(21)27)18-30(19-11-6-4-7-12-19)20-13-8-5-9-14-20/h4-17H,18H2,1-3H3/b28-17+,29-24-. The quantitative estimate of drug-likeness (QED) is 0.268. The Hall–Kier alpha value is -2.71. The van der Waals surface area contributed by atoms with Crippen molar-refractivity contribution < 1.29 is 8.78 Å². The van der Waals surface area contributed by atoms with E-state index < -0.39 is 19.6 Å². The summed E-state index contributed by atoms with van der Waals surface area (Å²) >= 11 is 0. The summed E-state index contributed by atoms with van der Waals surface area (Å²) in [4.78, 5) is 0. The maximum absolute atomic E-state index is 13.9. The molecule has 0 radical (unpaired) electrons. The third-order valence-electron chi connectivity index (χ3n) is 4.67. The van der Waals surface area contributed by atoms with Crippen LogP contribution in [0.15, 0.2) is 89.1 Å². The van der Waals surface area contributed by atoms with Gasteiger partial charge in [0.25, 0.3) is 0 Å². The van der Waals surface area contributed by atoms with Crippen LogP contribution >= 0.6 is 7.92 Å². The monoisotopic (exact) mass is 422 g/mol. The predicted octanol–water partition coefficient (Wildman–Crippen LogP) is 5.92. The van der Waals surface area contributed by atoms with E-state index in [1.54, 1.807) is 0 Å². The van der Waals surface area contributed by atoms with E-state index in [4.69, 9.17) is 0 Å². The molecular weight excluding hydrogens is 397 g/mol. The lowest BCUT2D eigenvalue weighted by atomic mass is 9.91. The maximum Gasteiger partial charge on any atom is 0.134 e. The number of rotatable bonds is 6. The van der Waals surface area contributed by atoms with Crippen LogP contribution < -0.4 is 10.6 Å². The first kappa shape index (κ1) is 22.0. The topological polar surface area (TPSA) is 24.7 Å². The lowest BCUT2D eigenvalue weighted by molar-refractivity contribution is 0.579. The molecule has 154 valence electrons. The summed E-state index contributed by atoms with van der Waals surface area (Å²) in [5, 5.41) is 11.0. The van der Waals surface area contributed by atoms with E-state index >= 15 is 0 Å². The Bertz CT molecular complexity index is 966. The summed E-state index contributed by atoms with van der Waals surface area (Å²) in [5.74, 6) is -1.30. The van der Waals surface area contributed by atoms with Gasteiger partial charge in [-0.15, -0.1) is 0 Å². The second-order valence-electron chi connectivity index (χ2n) is 7.93. The Morgan fingerprint density at radius 2 is 1.30 bits per heavy atom. The minimum absolute atomic E-state index is 0.178. The van der Waals surface area contributed by atoms with Crippen LogP contribution in [0, 0.1) is 17.0 Å². The third-order valence-corrected chi connectivity index (χ3v) is 7.13. The van der Waals surface area contributed by atoms with Crippen molar-refractivity contribution in [2.24, 2.45) is 15.6 Å². The molecule has 0 aliphatic rings. The van der Waals surface area contributed by atoms with Crippen molar-refractivity contribution in [2.75, 3.05) is 6.16 Å². The number of hydrogen-bond donors (Lipinski definition) is 0. The van der Waals surface area contributed by atoms with Gasteiger partial charge in [-0.3, -0.25) is 0 Å². The minimum atomic E-state index is -0.691. The molecule has 0 unspecified atom stereocenters. The molecule has 3 aromatic carbocycles. The second-order valence-corrected chi connectivity index (χ2v) is 10.1. The minimum Gasteiger partial charge on any atom is -0.206 e. The van der Waals surface area contributed by atoms with Crippen LogP contribution in [0.3, 0.4) is 0 Å². The average Bonchev–Trinajstić information content (AvgIpc) is 2.73. The molecule has 0 aromatic heterocycles. The Balaban J connectivity index is 1.96. The van der Waals surface area contributed by atoms with Gasteiger partial charge < -0.3 is 0 Å². The van der Waals surface area contributed by atoms with Crippen molar-refractivity contribution in [3.05, 3.63) is 96.1 Å². The van der Waals surface area contributed by atoms with Crippen molar-refractivity contribution in [2.45, 2.75) is 20.8 Å². The van der Waals surface area contributed by atoms with Crippen molar-refractivity contribution >= 4 is 30.5 Å². The van der Waals surface area contributed by atoms with Gasteiger partial charge >= 0.3 is 0 Å². The SMILES string of the molecule is CC(C)(C)/C(CP(c1ccccc1)c1ccccc1)=N\N=C\c1c(F)cccc1F. The molecule has 0 heterocycles. The van der Waals surface area contributed by atoms with E-state index in [0.717, 1.165) is 11.9 Å². The molecule has 30 heavy (non-hydrogen) atoms. The summed E-state index contributed by atoms with van der Waals surface area (Å²) < 4.78 is 27.8. The Labute approximate surface area is 178 Å². The van der Waals surface area contributed by atoms with Crippen molar-refractivity contribution in [3.8, 4) is 0 Å². The molecule has 3 aromatic rings. The van der Waals surface area contributed by atoms with E-state index in [1.807, 2.05) is 36.4 Å². The zero-order valence-electron chi connectivity index (χ0n) is 17.4. The molecule has 0 amide bonds. The van der Waals surface area contributed by atoms with Gasteiger partial charge in [0.2, 0.25) is 0 Å². The second kappa shape index (κ2) is 9.86. The molecule has 0 spiro atoms. The molecule has 3 rings (SSSR count). The fourth-order valence-electron chi connectivity index (χ4n) is 2.91. The van der Waals surface area contributed by atoms with E-state index in [2.05, 4.69) is 55.2 Å². The summed E-state index contributed by atoms with van der Waals surface area (Å²) in [6.07, 6.45) is 1.87. The summed E-state index contributed by atoms with van der Waals surface area (Å²) in [5.41, 5.74) is 0.465. The molecule has 0 fully saturated rings. The van der Waals surface area contributed by atoms with Gasteiger partial charge in [0.05, 0.1) is 17.5 Å². The van der Waals surface area contributed by atoms with Gasteiger partial charge in [-0.2, -0.15) is 10.2 Å². The summed E-state index contributed by atoms with van der Waals surface area (Å²) in [7, 11) is -0.691. The number of hydrogen-bond acceptors (Lipinski definition) is 2. The zero-order chi connectivity index (χ0) is 21.6. The Kier molecular flexibility index (Phi) is 7.23. The van der Waals surface area contributed by atoms with Gasteiger partial charge in [-0.1, -0.05) is 87.5 Å². The van der Waals surface area contributed by atoms with Crippen LogP contribution in [-0.2, 0) is 0 Å². The maximum atomic E-state index is 13.9. The Morgan fingerprint density at radius 3 is 1.77 bits per heavy atom. The largest absolute Gasteiger partial charge is 0.206 e. The Morgan fingerprint density at radius 1 is 0.800 bits per heavy atom. The number of nitrogens with zero attached hydrogens (tertiary/aromatic N) is 2. The van der Waals surface area contributed by atoms with E-state index in [-0.39, 0.29) is 11.0 Å². The molecule has 0 bridgehead atoms. The van der Waals surface area contributed by atoms with Gasteiger partial charge in [0.15, 0.2) is 0 Å². The molecule has 0 aliphatic carbocycles. The molecule has 2 nitrogen and oxygen atoms in total. The van der Waals surface area contributed by atoms with Gasteiger partial charge in [-0.05, 0) is 30.7 Å². The fraction of sp³-hybridized carbons (Fsp3) is 0.200. The first-order chi connectivity index (χ1) is 14.4. The van der Waals surface area contributed by atoms with Crippen molar-refractivity contribution in [3.63, 3.8) is 0 Å². The molecule has 0 atom stereocenters. The highest BCUT2D eigenvalue weighted by Crippen LogP contribution is 2.36. The van der Waals surface area contributed by atoms with Gasteiger partial charge in [0, 0.05) is 11.6 Å². The number of halogens is 2. The highest BCUT2D eigenvalue weighted by molar-refractivity contribution is 7.73. The van der Waals surface area contributed by atoms with Crippen LogP contribution in [0.5, 0.6) is 0 Å². The highest BCUT2D eigenvalue weighted by Gasteiger charge is 2.25. The van der Waals surface area contributed by atoms with Crippen LogP contribution in [0.25, 0.3) is 0 Å². The molecule has 0 aliphatic heterocycles. The molecule has 5 heteroatoms. The summed E-state index contributed by atoms with van der Waals surface area (Å²) in [6.45, 7) is 6.23. The van der Waals surface area contributed by atoms with E-state index in [9.17, 15) is 8.78 Å². The van der Waals surface area contributed by atoms with E-state index in [0.29, 0.717) is 6.16 Å².